The Hall–Kier alpha value is -3.02. The van der Waals surface area contributed by atoms with Gasteiger partial charge in [-0.3, -0.25) is 14.9 Å². The first-order chi connectivity index (χ1) is 16.8. The van der Waals surface area contributed by atoms with Gasteiger partial charge in [-0.25, -0.2) is 8.42 Å². The number of sulfonamides is 1. The molecule has 188 valence electrons. The normalized spacial score (nSPS) is 17.8. The Balaban J connectivity index is 1.67. The van der Waals surface area contributed by atoms with E-state index in [0.717, 1.165) is 57.7 Å². The number of piperidine rings is 1. The topological polar surface area (TPSA) is 116 Å². The van der Waals surface area contributed by atoms with Crippen molar-refractivity contribution in [1.82, 2.24) is 9.21 Å². The predicted molar refractivity (Wildman–Crippen MR) is 134 cm³/mol. The van der Waals surface area contributed by atoms with Crippen LogP contribution in [0.25, 0.3) is 0 Å². The third kappa shape index (κ3) is 5.63. The molecule has 0 radical (unpaired) electrons. The van der Waals surface area contributed by atoms with E-state index in [-0.39, 0.29) is 16.1 Å². The van der Waals surface area contributed by atoms with Crippen molar-refractivity contribution in [2.75, 3.05) is 56.0 Å². The Morgan fingerprint density at radius 3 is 2.37 bits per heavy atom. The number of carbonyl (C=O) groups excluding carboxylic acids is 1. The minimum absolute atomic E-state index is 0.129. The molecule has 0 saturated carbocycles. The van der Waals surface area contributed by atoms with E-state index in [9.17, 15) is 23.3 Å². The Bertz CT molecular complexity index is 1190. The van der Waals surface area contributed by atoms with Crippen LogP contribution in [0.4, 0.5) is 17.1 Å². The molecule has 4 rings (SSSR count). The average Bonchev–Trinajstić information content (AvgIpc) is 2.89. The van der Waals surface area contributed by atoms with Gasteiger partial charge in [-0.05, 0) is 43.7 Å². The minimum atomic E-state index is -3.70. The number of nitro groups is 1. The first kappa shape index (κ1) is 25.1. The highest BCUT2D eigenvalue weighted by Gasteiger charge is 2.28. The van der Waals surface area contributed by atoms with Crippen LogP contribution in [0.1, 0.15) is 36.5 Å². The van der Waals surface area contributed by atoms with Gasteiger partial charge in [0.2, 0.25) is 10.0 Å². The zero-order chi connectivity index (χ0) is 25.0. The second-order valence-corrected chi connectivity index (χ2v) is 10.8. The molecule has 0 spiro atoms. The van der Waals surface area contributed by atoms with Gasteiger partial charge in [0.25, 0.3) is 11.6 Å². The van der Waals surface area contributed by atoms with Crippen molar-refractivity contribution < 1.29 is 18.1 Å². The Kier molecular flexibility index (Phi) is 7.68. The van der Waals surface area contributed by atoms with Crippen LogP contribution in [0.5, 0.6) is 0 Å². The number of rotatable bonds is 7. The highest BCUT2D eigenvalue weighted by atomic mass is 32.2. The molecule has 11 heteroatoms. The number of nitro benzene ring substituents is 1. The summed E-state index contributed by atoms with van der Waals surface area (Å²) in [5, 5.41) is 14.0. The van der Waals surface area contributed by atoms with Gasteiger partial charge in [-0.2, -0.15) is 4.31 Å². The molecule has 35 heavy (non-hydrogen) atoms. The summed E-state index contributed by atoms with van der Waals surface area (Å²) in [5.41, 5.74) is 1.06. The molecule has 2 heterocycles. The second kappa shape index (κ2) is 10.7. The molecule has 0 aromatic heterocycles. The first-order valence-corrected chi connectivity index (χ1v) is 13.4. The van der Waals surface area contributed by atoms with Crippen molar-refractivity contribution in [3.63, 3.8) is 0 Å². The van der Waals surface area contributed by atoms with Crippen LogP contribution in [0.3, 0.4) is 0 Å². The fraction of sp³-hybridized carbons (Fsp3) is 0.458. The summed E-state index contributed by atoms with van der Waals surface area (Å²) >= 11 is 0. The summed E-state index contributed by atoms with van der Waals surface area (Å²) in [6.07, 6.45) is 2.67. The molecule has 2 aliphatic heterocycles. The largest absolute Gasteiger partial charge is 0.367 e. The van der Waals surface area contributed by atoms with Crippen LogP contribution in [0.2, 0.25) is 0 Å². The number of hydrogen-bond donors (Lipinski definition) is 1. The summed E-state index contributed by atoms with van der Waals surface area (Å²) in [6, 6.07) is 10.4. The van der Waals surface area contributed by atoms with E-state index in [1.54, 1.807) is 12.1 Å². The lowest BCUT2D eigenvalue weighted by molar-refractivity contribution is -0.384. The van der Waals surface area contributed by atoms with Gasteiger partial charge in [0.05, 0.1) is 21.2 Å². The fourth-order valence-electron chi connectivity index (χ4n) is 4.57. The lowest BCUT2D eigenvalue weighted by Crippen LogP contribution is -2.46. The first-order valence-electron chi connectivity index (χ1n) is 12.0. The molecule has 1 N–H and O–H groups in total. The number of amides is 1. The van der Waals surface area contributed by atoms with Crippen molar-refractivity contribution in [3.8, 4) is 0 Å². The Labute approximate surface area is 205 Å². The van der Waals surface area contributed by atoms with E-state index in [2.05, 4.69) is 22.0 Å². The third-order valence-electron chi connectivity index (χ3n) is 6.65. The number of anilines is 2. The van der Waals surface area contributed by atoms with Crippen LogP contribution >= 0.6 is 0 Å². The van der Waals surface area contributed by atoms with Gasteiger partial charge >= 0.3 is 0 Å². The van der Waals surface area contributed by atoms with E-state index in [0.29, 0.717) is 18.8 Å². The van der Waals surface area contributed by atoms with Crippen LogP contribution < -0.4 is 10.2 Å². The van der Waals surface area contributed by atoms with Gasteiger partial charge in [-0.1, -0.05) is 19.4 Å². The molecule has 2 aliphatic rings. The van der Waals surface area contributed by atoms with Crippen LogP contribution in [0.15, 0.2) is 47.4 Å². The number of benzene rings is 2. The van der Waals surface area contributed by atoms with Gasteiger partial charge in [0, 0.05) is 57.0 Å². The fourth-order valence-corrected chi connectivity index (χ4v) is 6.11. The molecule has 0 atom stereocenters. The zero-order valence-electron chi connectivity index (χ0n) is 19.9. The highest BCUT2D eigenvalue weighted by Crippen LogP contribution is 2.32. The van der Waals surface area contributed by atoms with Gasteiger partial charge < -0.3 is 15.1 Å². The standard InChI is InChI=1S/C24H31N5O5S/c1-2-26-13-15-27(16-14-26)23-10-9-21(35(33,34)28-11-4-3-5-12-28)18-22(23)25-24(30)19-7-6-8-20(17-19)29(31)32/h6-10,17-18H,2-5,11-16H2,1H3,(H,25,30). The van der Waals surface area contributed by atoms with Gasteiger partial charge in [0.15, 0.2) is 0 Å². The summed E-state index contributed by atoms with van der Waals surface area (Å²) in [6.45, 7) is 7.25. The Morgan fingerprint density at radius 1 is 1.00 bits per heavy atom. The number of carbonyl (C=O) groups is 1. The summed E-state index contributed by atoms with van der Waals surface area (Å²) in [7, 11) is -3.70. The monoisotopic (exact) mass is 501 g/mol. The van der Waals surface area contributed by atoms with Crippen molar-refractivity contribution in [1.29, 1.82) is 0 Å². The number of hydrogen-bond acceptors (Lipinski definition) is 7. The van der Waals surface area contributed by atoms with E-state index in [4.69, 9.17) is 0 Å². The second-order valence-electron chi connectivity index (χ2n) is 8.83. The smallest absolute Gasteiger partial charge is 0.270 e. The van der Waals surface area contributed by atoms with E-state index >= 15 is 0 Å². The predicted octanol–water partition coefficient (Wildman–Crippen LogP) is 3.16. The van der Waals surface area contributed by atoms with Crippen LogP contribution in [-0.4, -0.2) is 74.3 Å². The number of nitrogens with zero attached hydrogens (tertiary/aromatic N) is 4. The van der Waals surface area contributed by atoms with Crippen molar-refractivity contribution in [2.24, 2.45) is 0 Å². The highest BCUT2D eigenvalue weighted by molar-refractivity contribution is 7.89. The molecule has 0 unspecified atom stereocenters. The third-order valence-corrected chi connectivity index (χ3v) is 8.54. The number of likely N-dealkylation sites (N-methyl/N-ethyl adjacent to an activating group) is 1. The summed E-state index contributed by atoms with van der Waals surface area (Å²) < 4.78 is 28.1. The molecular weight excluding hydrogens is 470 g/mol. The number of non-ortho nitro benzene ring substituents is 1. The number of piperazine rings is 1. The zero-order valence-corrected chi connectivity index (χ0v) is 20.7. The van der Waals surface area contributed by atoms with Crippen molar-refractivity contribution in [3.05, 3.63) is 58.1 Å². The van der Waals surface area contributed by atoms with Crippen molar-refractivity contribution in [2.45, 2.75) is 31.1 Å². The summed E-state index contributed by atoms with van der Waals surface area (Å²) in [5.74, 6) is -0.533. The SMILES string of the molecule is CCN1CCN(c2ccc(S(=O)(=O)N3CCCCC3)cc2NC(=O)c2cccc([N+](=O)[O-])c2)CC1. The quantitative estimate of drug-likeness (QED) is 0.458. The van der Waals surface area contributed by atoms with Crippen LogP contribution in [0, 0.1) is 10.1 Å². The maximum absolute atomic E-state index is 13.3. The maximum atomic E-state index is 13.3. The summed E-state index contributed by atoms with van der Waals surface area (Å²) in [4.78, 5) is 28.2. The van der Waals surface area contributed by atoms with E-state index < -0.39 is 20.9 Å². The number of nitrogens with one attached hydrogen (secondary N) is 1. The van der Waals surface area contributed by atoms with Crippen molar-refractivity contribution >= 4 is 33.0 Å². The molecule has 0 aliphatic carbocycles. The molecular formula is C24H31N5O5S. The Morgan fingerprint density at radius 2 is 1.71 bits per heavy atom. The molecule has 2 aromatic rings. The molecule has 10 nitrogen and oxygen atoms in total. The minimum Gasteiger partial charge on any atom is -0.367 e. The van der Waals surface area contributed by atoms with Gasteiger partial charge in [-0.15, -0.1) is 0 Å². The van der Waals surface area contributed by atoms with Crippen LogP contribution in [-0.2, 0) is 10.0 Å². The molecule has 2 aromatic carbocycles. The van der Waals surface area contributed by atoms with Gasteiger partial charge in [0.1, 0.15) is 0 Å². The lowest BCUT2D eigenvalue weighted by atomic mass is 10.1. The van der Waals surface area contributed by atoms with E-state index in [1.165, 1.54) is 34.6 Å². The molecule has 2 fully saturated rings. The molecule has 0 bridgehead atoms. The lowest BCUT2D eigenvalue weighted by Gasteiger charge is -2.36. The van der Waals surface area contributed by atoms with E-state index in [1.807, 2.05) is 0 Å². The average molecular weight is 502 g/mol. The molecule has 2 saturated heterocycles. The maximum Gasteiger partial charge on any atom is 0.270 e. The molecule has 1 amide bonds.